The third-order valence-electron chi connectivity index (χ3n) is 3.66. The summed E-state index contributed by atoms with van der Waals surface area (Å²) in [6.45, 7) is 2.34. The van der Waals surface area contributed by atoms with Crippen LogP contribution in [0.4, 0.5) is 0 Å². The Morgan fingerprint density at radius 2 is 2.15 bits per heavy atom. The average Bonchev–Trinajstić information content (AvgIpc) is 2.41. The first-order valence-electron chi connectivity index (χ1n) is 6.90. The van der Waals surface area contributed by atoms with Gasteiger partial charge in [0, 0.05) is 35.6 Å². The van der Waals surface area contributed by atoms with Crippen LogP contribution in [-0.2, 0) is 11.2 Å². The lowest BCUT2D eigenvalue weighted by atomic mass is 10.0. The molecule has 20 heavy (non-hydrogen) atoms. The van der Waals surface area contributed by atoms with Crippen LogP contribution >= 0.6 is 15.9 Å². The first-order valence-corrected chi connectivity index (χ1v) is 7.70. The highest BCUT2D eigenvalue weighted by atomic mass is 79.9. The molecule has 1 heterocycles. The van der Waals surface area contributed by atoms with Gasteiger partial charge in [-0.25, -0.2) is 0 Å². The lowest BCUT2D eigenvalue weighted by Gasteiger charge is -2.29. The molecule has 5 heteroatoms. The molecule has 0 bridgehead atoms. The molecule has 0 amide bonds. The van der Waals surface area contributed by atoms with Gasteiger partial charge in [0.05, 0.1) is 13.7 Å². The van der Waals surface area contributed by atoms with Crippen molar-refractivity contribution in [3.05, 3.63) is 28.2 Å². The minimum absolute atomic E-state index is 0.219. The van der Waals surface area contributed by atoms with Crippen LogP contribution in [0.15, 0.2) is 22.7 Å². The molecule has 0 spiro atoms. The van der Waals surface area contributed by atoms with Gasteiger partial charge in [0.15, 0.2) is 5.78 Å². The van der Waals surface area contributed by atoms with Gasteiger partial charge < -0.3 is 10.5 Å². The van der Waals surface area contributed by atoms with Gasteiger partial charge in [0.2, 0.25) is 0 Å². The SMILES string of the molecule is COc1ccc(Br)cc1CC(=O)CN1CCC(N)CC1. The van der Waals surface area contributed by atoms with Gasteiger partial charge in [-0.3, -0.25) is 9.69 Å². The molecule has 1 fully saturated rings. The summed E-state index contributed by atoms with van der Waals surface area (Å²) in [7, 11) is 1.63. The predicted molar refractivity (Wildman–Crippen MR) is 83.1 cm³/mol. The number of halogens is 1. The Hall–Kier alpha value is -0.910. The lowest BCUT2D eigenvalue weighted by Crippen LogP contribution is -2.42. The van der Waals surface area contributed by atoms with E-state index in [-0.39, 0.29) is 5.78 Å². The zero-order valence-electron chi connectivity index (χ0n) is 11.8. The number of nitrogens with two attached hydrogens (primary N) is 1. The van der Waals surface area contributed by atoms with E-state index < -0.39 is 0 Å². The molecule has 1 aliphatic rings. The van der Waals surface area contributed by atoms with E-state index in [0.29, 0.717) is 19.0 Å². The number of ether oxygens (including phenoxy) is 1. The fourth-order valence-corrected chi connectivity index (χ4v) is 2.92. The molecule has 2 N–H and O–H groups in total. The second kappa shape index (κ2) is 7.20. The average molecular weight is 341 g/mol. The number of rotatable bonds is 5. The second-order valence-electron chi connectivity index (χ2n) is 5.29. The quantitative estimate of drug-likeness (QED) is 0.890. The molecule has 0 unspecified atom stereocenters. The van der Waals surface area contributed by atoms with Crippen LogP contribution in [0.25, 0.3) is 0 Å². The number of methoxy groups -OCH3 is 1. The summed E-state index contributed by atoms with van der Waals surface area (Å²) >= 11 is 3.43. The topological polar surface area (TPSA) is 55.6 Å². The maximum Gasteiger partial charge on any atom is 0.151 e. The van der Waals surface area contributed by atoms with E-state index in [1.807, 2.05) is 18.2 Å². The van der Waals surface area contributed by atoms with E-state index in [4.69, 9.17) is 10.5 Å². The molecule has 1 aliphatic heterocycles. The van der Waals surface area contributed by atoms with Crippen molar-refractivity contribution in [1.82, 2.24) is 4.90 Å². The Kier molecular flexibility index (Phi) is 5.57. The number of nitrogens with zero attached hydrogens (tertiary/aromatic N) is 1. The third-order valence-corrected chi connectivity index (χ3v) is 4.16. The summed E-state index contributed by atoms with van der Waals surface area (Å²) < 4.78 is 6.27. The molecular weight excluding hydrogens is 320 g/mol. The zero-order valence-corrected chi connectivity index (χ0v) is 13.4. The number of Topliss-reactive ketones (excluding diaryl/α,β-unsaturated/α-hetero) is 1. The van der Waals surface area contributed by atoms with Crippen LogP contribution in [0, 0.1) is 0 Å². The summed E-state index contributed by atoms with van der Waals surface area (Å²) in [5, 5.41) is 0. The Morgan fingerprint density at radius 1 is 1.45 bits per heavy atom. The Morgan fingerprint density at radius 3 is 2.80 bits per heavy atom. The molecule has 1 aromatic carbocycles. The summed E-state index contributed by atoms with van der Waals surface area (Å²) in [4.78, 5) is 14.4. The minimum atomic E-state index is 0.219. The Balaban J connectivity index is 1.92. The molecule has 1 aromatic rings. The Labute approximate surface area is 128 Å². The minimum Gasteiger partial charge on any atom is -0.496 e. The number of hydrogen-bond donors (Lipinski definition) is 1. The van der Waals surface area contributed by atoms with Crippen LogP contribution in [0.5, 0.6) is 5.75 Å². The van der Waals surface area contributed by atoms with Crippen molar-refractivity contribution >= 4 is 21.7 Å². The van der Waals surface area contributed by atoms with Crippen LogP contribution < -0.4 is 10.5 Å². The first-order chi connectivity index (χ1) is 9.58. The van der Waals surface area contributed by atoms with E-state index in [2.05, 4.69) is 20.8 Å². The number of carbonyl (C=O) groups is 1. The summed E-state index contributed by atoms with van der Waals surface area (Å²) in [5.74, 6) is 0.985. The Bertz CT molecular complexity index is 471. The highest BCUT2D eigenvalue weighted by Gasteiger charge is 2.19. The summed E-state index contributed by atoms with van der Waals surface area (Å²) in [6, 6.07) is 6.04. The second-order valence-corrected chi connectivity index (χ2v) is 6.20. The number of likely N-dealkylation sites (tertiary alicyclic amines) is 1. The van der Waals surface area contributed by atoms with Gasteiger partial charge in [-0.2, -0.15) is 0 Å². The maximum absolute atomic E-state index is 12.2. The monoisotopic (exact) mass is 340 g/mol. The maximum atomic E-state index is 12.2. The molecule has 2 rings (SSSR count). The van der Waals surface area contributed by atoms with Crippen LogP contribution in [-0.4, -0.2) is 43.5 Å². The first kappa shape index (κ1) is 15.5. The van der Waals surface area contributed by atoms with E-state index in [1.54, 1.807) is 7.11 Å². The molecule has 0 atom stereocenters. The molecule has 0 aliphatic carbocycles. The van der Waals surface area contributed by atoms with Gasteiger partial charge in [-0.15, -0.1) is 0 Å². The van der Waals surface area contributed by atoms with Crippen LogP contribution in [0.1, 0.15) is 18.4 Å². The highest BCUT2D eigenvalue weighted by molar-refractivity contribution is 9.10. The van der Waals surface area contributed by atoms with Crippen molar-refractivity contribution in [2.45, 2.75) is 25.3 Å². The van der Waals surface area contributed by atoms with Gasteiger partial charge in [0.1, 0.15) is 5.75 Å². The van der Waals surface area contributed by atoms with E-state index in [1.165, 1.54) is 0 Å². The van der Waals surface area contributed by atoms with Crippen molar-refractivity contribution in [2.24, 2.45) is 5.73 Å². The van der Waals surface area contributed by atoms with E-state index in [9.17, 15) is 4.79 Å². The predicted octanol–water partition coefficient (Wildman–Crippen LogP) is 1.99. The largest absolute Gasteiger partial charge is 0.496 e. The van der Waals surface area contributed by atoms with Gasteiger partial charge >= 0.3 is 0 Å². The van der Waals surface area contributed by atoms with E-state index >= 15 is 0 Å². The van der Waals surface area contributed by atoms with Crippen molar-refractivity contribution in [1.29, 1.82) is 0 Å². The third kappa shape index (κ3) is 4.30. The standard InChI is InChI=1S/C15H21BrN2O2/c1-20-15-3-2-12(16)8-11(15)9-14(19)10-18-6-4-13(17)5-7-18/h2-3,8,13H,4-7,9-10,17H2,1H3. The molecule has 0 saturated carbocycles. The molecule has 0 aromatic heterocycles. The lowest BCUT2D eigenvalue weighted by molar-refractivity contribution is -0.119. The number of hydrogen-bond acceptors (Lipinski definition) is 4. The summed E-state index contributed by atoms with van der Waals surface area (Å²) in [6.07, 6.45) is 2.37. The van der Waals surface area contributed by atoms with Crippen molar-refractivity contribution in [3.8, 4) is 5.75 Å². The van der Waals surface area contributed by atoms with Gasteiger partial charge in [-0.05, 0) is 31.0 Å². The highest BCUT2D eigenvalue weighted by Crippen LogP contribution is 2.23. The molecular formula is C15H21BrN2O2. The van der Waals surface area contributed by atoms with Gasteiger partial charge in [-0.1, -0.05) is 15.9 Å². The molecule has 1 saturated heterocycles. The summed E-state index contributed by atoms with van der Waals surface area (Å²) in [5.41, 5.74) is 6.80. The molecule has 4 nitrogen and oxygen atoms in total. The van der Waals surface area contributed by atoms with Crippen molar-refractivity contribution < 1.29 is 9.53 Å². The molecule has 0 radical (unpaired) electrons. The van der Waals surface area contributed by atoms with E-state index in [0.717, 1.165) is 41.7 Å². The van der Waals surface area contributed by atoms with Crippen LogP contribution in [0.2, 0.25) is 0 Å². The number of piperidine rings is 1. The number of carbonyl (C=O) groups excluding carboxylic acids is 1. The van der Waals surface area contributed by atoms with Crippen molar-refractivity contribution in [3.63, 3.8) is 0 Å². The fourth-order valence-electron chi connectivity index (χ4n) is 2.51. The van der Waals surface area contributed by atoms with Crippen molar-refractivity contribution in [2.75, 3.05) is 26.7 Å². The number of ketones is 1. The fraction of sp³-hybridized carbons (Fsp3) is 0.533. The molecule has 110 valence electrons. The normalized spacial score (nSPS) is 17.1. The van der Waals surface area contributed by atoms with Gasteiger partial charge in [0.25, 0.3) is 0 Å². The number of benzene rings is 1. The smallest absolute Gasteiger partial charge is 0.151 e. The zero-order chi connectivity index (χ0) is 14.5. The van der Waals surface area contributed by atoms with Crippen LogP contribution in [0.3, 0.4) is 0 Å².